The van der Waals surface area contributed by atoms with Gasteiger partial charge in [0.25, 0.3) is 0 Å². The molecule has 0 aromatic heterocycles. The number of methoxy groups -OCH3 is 1. The quantitative estimate of drug-likeness (QED) is 0.825. The highest BCUT2D eigenvalue weighted by Crippen LogP contribution is 2.28. The summed E-state index contributed by atoms with van der Waals surface area (Å²) in [5.74, 6) is 2.16. The second-order valence-corrected chi connectivity index (χ2v) is 4.99. The van der Waals surface area contributed by atoms with Crippen LogP contribution in [0.2, 0.25) is 0 Å². The van der Waals surface area contributed by atoms with E-state index in [0.29, 0.717) is 12.4 Å². The summed E-state index contributed by atoms with van der Waals surface area (Å²) in [6.45, 7) is 2.98. The van der Waals surface area contributed by atoms with Crippen molar-refractivity contribution in [2.24, 2.45) is 5.92 Å². The molecule has 4 heteroatoms. The molecule has 1 fully saturated rings. The maximum Gasteiger partial charge on any atom is 0.161 e. The summed E-state index contributed by atoms with van der Waals surface area (Å²) >= 11 is 0. The van der Waals surface area contributed by atoms with Crippen LogP contribution >= 0.6 is 0 Å². The summed E-state index contributed by atoms with van der Waals surface area (Å²) in [5.41, 5.74) is 0.834. The second-order valence-electron chi connectivity index (χ2n) is 4.99. The number of benzene rings is 1. The van der Waals surface area contributed by atoms with Gasteiger partial charge < -0.3 is 19.9 Å². The van der Waals surface area contributed by atoms with E-state index in [1.165, 1.54) is 12.8 Å². The van der Waals surface area contributed by atoms with Gasteiger partial charge in [0.05, 0.1) is 20.3 Å². The third kappa shape index (κ3) is 4.11. The van der Waals surface area contributed by atoms with Crippen molar-refractivity contribution < 1.29 is 14.6 Å². The normalized spacial score (nSPS) is 19.2. The van der Waals surface area contributed by atoms with Crippen LogP contribution in [0.25, 0.3) is 0 Å². The minimum Gasteiger partial charge on any atom is -0.493 e. The van der Waals surface area contributed by atoms with E-state index in [0.717, 1.165) is 36.7 Å². The molecule has 0 saturated carbocycles. The third-order valence-corrected chi connectivity index (χ3v) is 3.59. The lowest BCUT2D eigenvalue weighted by Crippen LogP contribution is -2.30. The van der Waals surface area contributed by atoms with Gasteiger partial charge in [0.15, 0.2) is 11.5 Å². The summed E-state index contributed by atoms with van der Waals surface area (Å²) in [5, 5.41) is 12.5. The molecular formula is C15H23NO3. The van der Waals surface area contributed by atoms with Gasteiger partial charge in [-0.3, -0.25) is 0 Å². The number of ether oxygens (including phenoxy) is 2. The molecule has 106 valence electrons. The number of aliphatic hydroxyl groups excluding tert-OH is 1. The van der Waals surface area contributed by atoms with Gasteiger partial charge in [0.1, 0.15) is 0 Å². The zero-order valence-electron chi connectivity index (χ0n) is 11.5. The van der Waals surface area contributed by atoms with Crippen molar-refractivity contribution in [3.8, 4) is 11.5 Å². The predicted octanol–water partition coefficient (Wildman–Crippen LogP) is 1.96. The maximum absolute atomic E-state index is 9.09. The average molecular weight is 265 g/mol. The Bertz CT molecular complexity index is 389. The summed E-state index contributed by atoms with van der Waals surface area (Å²) in [6, 6.07) is 5.54. The fourth-order valence-electron chi connectivity index (χ4n) is 2.44. The second kappa shape index (κ2) is 7.36. The van der Waals surface area contributed by atoms with Gasteiger partial charge in [-0.05, 0) is 56.0 Å². The van der Waals surface area contributed by atoms with Gasteiger partial charge in [-0.1, -0.05) is 6.07 Å². The van der Waals surface area contributed by atoms with E-state index < -0.39 is 0 Å². The van der Waals surface area contributed by atoms with Crippen molar-refractivity contribution in [1.29, 1.82) is 0 Å². The van der Waals surface area contributed by atoms with E-state index in [-0.39, 0.29) is 6.61 Å². The first-order chi connectivity index (χ1) is 9.33. The molecule has 1 unspecified atom stereocenters. The van der Waals surface area contributed by atoms with Crippen molar-refractivity contribution >= 4 is 0 Å². The first-order valence-corrected chi connectivity index (χ1v) is 6.94. The fourth-order valence-corrected chi connectivity index (χ4v) is 2.44. The Morgan fingerprint density at radius 1 is 1.37 bits per heavy atom. The first kappa shape index (κ1) is 14.2. The molecule has 1 aliphatic heterocycles. The molecule has 0 amide bonds. The lowest BCUT2D eigenvalue weighted by atomic mass is 9.97. The van der Waals surface area contributed by atoms with Gasteiger partial charge in [0, 0.05) is 0 Å². The summed E-state index contributed by atoms with van der Waals surface area (Å²) in [4.78, 5) is 0. The third-order valence-electron chi connectivity index (χ3n) is 3.59. The molecule has 1 aromatic carbocycles. The monoisotopic (exact) mass is 265 g/mol. The van der Waals surface area contributed by atoms with Crippen LogP contribution in [0.3, 0.4) is 0 Å². The average Bonchev–Trinajstić information content (AvgIpc) is 2.48. The molecule has 1 aromatic rings. The van der Waals surface area contributed by atoms with E-state index in [4.69, 9.17) is 14.6 Å². The predicted molar refractivity (Wildman–Crippen MR) is 74.6 cm³/mol. The minimum atomic E-state index is 0.0182. The molecule has 1 saturated heterocycles. The Labute approximate surface area is 114 Å². The van der Waals surface area contributed by atoms with Crippen LogP contribution in [0.15, 0.2) is 18.2 Å². The van der Waals surface area contributed by atoms with Crippen molar-refractivity contribution in [3.05, 3.63) is 23.8 Å². The van der Waals surface area contributed by atoms with E-state index in [1.54, 1.807) is 7.11 Å². The van der Waals surface area contributed by atoms with Gasteiger partial charge in [0.2, 0.25) is 0 Å². The lowest BCUT2D eigenvalue weighted by molar-refractivity contribution is 0.244. The SMILES string of the molecule is COc1cc(CO)ccc1OCCC1CCCNC1. The molecule has 0 radical (unpaired) electrons. The number of piperidine rings is 1. The van der Waals surface area contributed by atoms with E-state index in [9.17, 15) is 0 Å². The van der Waals surface area contributed by atoms with Crippen LogP contribution in [0.4, 0.5) is 0 Å². The molecule has 0 aliphatic carbocycles. The van der Waals surface area contributed by atoms with Crippen molar-refractivity contribution in [1.82, 2.24) is 5.32 Å². The number of aliphatic hydroxyl groups is 1. The molecule has 19 heavy (non-hydrogen) atoms. The van der Waals surface area contributed by atoms with Crippen LogP contribution in [-0.2, 0) is 6.61 Å². The molecule has 2 N–H and O–H groups in total. The van der Waals surface area contributed by atoms with Gasteiger partial charge >= 0.3 is 0 Å². The van der Waals surface area contributed by atoms with E-state index in [2.05, 4.69) is 5.32 Å². The van der Waals surface area contributed by atoms with Crippen LogP contribution in [-0.4, -0.2) is 31.9 Å². The zero-order chi connectivity index (χ0) is 13.5. The molecule has 0 spiro atoms. The molecule has 1 atom stereocenters. The van der Waals surface area contributed by atoms with Crippen molar-refractivity contribution in [2.75, 3.05) is 26.8 Å². The lowest BCUT2D eigenvalue weighted by Gasteiger charge is -2.22. The van der Waals surface area contributed by atoms with E-state index >= 15 is 0 Å². The topological polar surface area (TPSA) is 50.7 Å². The number of hydrogen-bond acceptors (Lipinski definition) is 4. The highest BCUT2D eigenvalue weighted by molar-refractivity contribution is 5.42. The number of hydrogen-bond donors (Lipinski definition) is 2. The smallest absolute Gasteiger partial charge is 0.161 e. The zero-order valence-corrected chi connectivity index (χ0v) is 11.5. The van der Waals surface area contributed by atoms with Crippen LogP contribution in [0.5, 0.6) is 11.5 Å². The first-order valence-electron chi connectivity index (χ1n) is 6.94. The van der Waals surface area contributed by atoms with Crippen molar-refractivity contribution in [2.45, 2.75) is 25.9 Å². The minimum absolute atomic E-state index is 0.0182. The fraction of sp³-hybridized carbons (Fsp3) is 0.600. The Morgan fingerprint density at radius 2 is 2.26 bits per heavy atom. The maximum atomic E-state index is 9.09. The Morgan fingerprint density at radius 3 is 2.95 bits per heavy atom. The number of rotatable bonds is 6. The molecular weight excluding hydrogens is 242 g/mol. The Kier molecular flexibility index (Phi) is 5.48. The number of nitrogens with one attached hydrogen (secondary N) is 1. The van der Waals surface area contributed by atoms with Crippen LogP contribution < -0.4 is 14.8 Å². The van der Waals surface area contributed by atoms with Crippen LogP contribution in [0, 0.1) is 5.92 Å². The highest BCUT2D eigenvalue weighted by Gasteiger charge is 2.13. The van der Waals surface area contributed by atoms with Crippen LogP contribution in [0.1, 0.15) is 24.8 Å². The molecule has 0 bridgehead atoms. The van der Waals surface area contributed by atoms with Gasteiger partial charge in [-0.25, -0.2) is 0 Å². The molecule has 4 nitrogen and oxygen atoms in total. The molecule has 1 heterocycles. The molecule has 1 aliphatic rings. The van der Waals surface area contributed by atoms with Crippen molar-refractivity contribution in [3.63, 3.8) is 0 Å². The highest BCUT2D eigenvalue weighted by atomic mass is 16.5. The van der Waals surface area contributed by atoms with E-state index in [1.807, 2.05) is 18.2 Å². The van der Waals surface area contributed by atoms with Gasteiger partial charge in [-0.2, -0.15) is 0 Å². The largest absolute Gasteiger partial charge is 0.493 e. The standard InChI is InChI=1S/C15H23NO3/c1-18-15-9-13(11-17)4-5-14(15)19-8-6-12-3-2-7-16-10-12/h4-5,9,12,16-17H,2-3,6-8,10-11H2,1H3. The summed E-state index contributed by atoms with van der Waals surface area (Å²) in [6.07, 6.45) is 3.62. The summed E-state index contributed by atoms with van der Waals surface area (Å²) in [7, 11) is 1.62. The Hall–Kier alpha value is -1.26. The molecule has 2 rings (SSSR count). The Balaban J connectivity index is 1.84. The summed E-state index contributed by atoms with van der Waals surface area (Å²) < 4.78 is 11.1. The van der Waals surface area contributed by atoms with Gasteiger partial charge in [-0.15, -0.1) is 0 Å².